The molecule has 0 unspecified atom stereocenters. The van der Waals surface area contributed by atoms with Gasteiger partial charge in [0.05, 0.1) is 66.1 Å². The number of fused-ring (bicyclic) bond motifs is 2. The van der Waals surface area contributed by atoms with E-state index in [4.69, 9.17) is 19.0 Å². The Morgan fingerprint density at radius 1 is 1.11 bits per heavy atom. The zero-order valence-electron chi connectivity index (χ0n) is 25.8. The second-order valence-corrected chi connectivity index (χ2v) is 15.7. The number of amides is 1. The van der Waals surface area contributed by atoms with E-state index in [0.29, 0.717) is 31.4 Å². The molecule has 256 valence electrons. The first-order chi connectivity index (χ1) is 22.4. The van der Waals surface area contributed by atoms with Crippen molar-refractivity contribution in [2.75, 3.05) is 30.7 Å². The Morgan fingerprint density at radius 3 is 2.62 bits per heavy atom. The average molecular weight is 694 g/mol. The number of aromatic nitrogens is 2. The highest BCUT2D eigenvalue weighted by atomic mass is 32.2. The van der Waals surface area contributed by atoms with Crippen LogP contribution in [0, 0.1) is 5.92 Å². The number of carbonyl (C=O) groups is 1. The Bertz CT molecular complexity index is 1770. The van der Waals surface area contributed by atoms with Crippen molar-refractivity contribution >= 4 is 43.1 Å². The number of benzene rings is 2. The van der Waals surface area contributed by atoms with Crippen molar-refractivity contribution in [3.63, 3.8) is 0 Å². The van der Waals surface area contributed by atoms with Crippen LogP contribution in [0.2, 0.25) is 0 Å². The molecule has 4 N–H and O–H groups in total. The number of aliphatic hydroxyl groups is 1. The number of hydrogen-bond donors (Lipinski definition) is 4. The second-order valence-electron chi connectivity index (χ2n) is 12.1. The number of aliphatic hydroxyl groups excluding tert-OH is 1. The summed E-state index contributed by atoms with van der Waals surface area (Å²) in [5, 5.41) is 14.3. The Kier molecular flexibility index (Phi) is 10.0. The number of alkyl carbamates (subject to hydrolysis) is 1. The molecule has 0 bridgehead atoms. The van der Waals surface area contributed by atoms with Crippen LogP contribution in [-0.2, 0) is 45.5 Å². The normalized spacial score (nSPS) is 23.2. The lowest BCUT2D eigenvalue weighted by Crippen LogP contribution is -2.51. The van der Waals surface area contributed by atoms with Gasteiger partial charge in [0.15, 0.2) is 6.29 Å². The number of nitrogens with one attached hydrogen (secondary N) is 3. The van der Waals surface area contributed by atoms with Crippen LogP contribution in [0.15, 0.2) is 53.4 Å². The first-order valence-electron chi connectivity index (χ1n) is 15.5. The molecule has 17 heteroatoms. The fourth-order valence-corrected chi connectivity index (χ4v) is 7.92. The summed E-state index contributed by atoms with van der Waals surface area (Å²) in [4.78, 5) is 25.9. The Labute approximate surface area is 273 Å². The zero-order valence-corrected chi connectivity index (χ0v) is 27.4. The van der Waals surface area contributed by atoms with Gasteiger partial charge in [-0.3, -0.25) is 9.56 Å². The summed E-state index contributed by atoms with van der Waals surface area (Å²) in [6, 6.07) is 12.3. The first kappa shape index (κ1) is 33.6. The molecule has 2 aliphatic heterocycles. The molecule has 3 aromatic rings. The summed E-state index contributed by atoms with van der Waals surface area (Å²) in [6.45, 7) is 0.218. The number of rotatable bonds is 13. The maximum Gasteiger partial charge on any atom is 0.407 e. The summed E-state index contributed by atoms with van der Waals surface area (Å²) in [5.41, 5.74) is 1.42. The lowest BCUT2D eigenvalue weighted by atomic mass is 10.0. The largest absolute Gasteiger partial charge is 0.443 e. The third kappa shape index (κ3) is 8.22. The van der Waals surface area contributed by atoms with Gasteiger partial charge in [0.1, 0.15) is 6.10 Å². The van der Waals surface area contributed by atoms with E-state index in [0.717, 1.165) is 29.1 Å². The fourth-order valence-electron chi connectivity index (χ4n) is 6.15. The third-order valence-corrected chi connectivity index (χ3v) is 10.7. The molecule has 1 aromatic heterocycles. The molecular formula is C30H39N5O10S2. The quantitative estimate of drug-likeness (QED) is 0.192. The summed E-state index contributed by atoms with van der Waals surface area (Å²) < 4.78 is 71.3. The molecule has 6 rings (SSSR count). The highest BCUT2D eigenvalue weighted by Crippen LogP contribution is 2.33. The van der Waals surface area contributed by atoms with E-state index in [1.54, 1.807) is 0 Å². The summed E-state index contributed by atoms with van der Waals surface area (Å²) in [5.74, 6) is -0.141. The third-order valence-electron chi connectivity index (χ3n) is 8.52. The number of carbonyl (C=O) groups excluding carboxylic acids is 1. The van der Waals surface area contributed by atoms with Gasteiger partial charge in [0.2, 0.25) is 16.0 Å². The molecule has 1 aliphatic carbocycles. The van der Waals surface area contributed by atoms with E-state index in [1.165, 1.54) is 18.2 Å². The number of hydrogen-bond acceptors (Lipinski definition) is 11. The molecule has 47 heavy (non-hydrogen) atoms. The van der Waals surface area contributed by atoms with Crippen molar-refractivity contribution in [1.82, 2.24) is 19.8 Å². The van der Waals surface area contributed by atoms with Gasteiger partial charge < -0.3 is 29.6 Å². The molecule has 3 fully saturated rings. The van der Waals surface area contributed by atoms with Crippen LogP contribution in [0.25, 0.3) is 11.0 Å². The SMILES string of the molecule is CS(=O)(=O)Nc1nc2ccc(S(=O)(=O)N(C[C@@H](O)[C@H](Cc3ccccc3)NC(=O)O[C@@H]3CO[C@@H]4OCC[C@@H]43)OC3CCCC3)cc2[nH]1. The maximum absolute atomic E-state index is 14.1. The van der Waals surface area contributed by atoms with Gasteiger partial charge in [-0.15, -0.1) is 0 Å². The van der Waals surface area contributed by atoms with E-state index < -0.39 is 57.2 Å². The zero-order chi connectivity index (χ0) is 33.2. The van der Waals surface area contributed by atoms with Crippen molar-refractivity contribution in [3.05, 3.63) is 54.1 Å². The van der Waals surface area contributed by atoms with E-state index in [-0.39, 0.29) is 41.4 Å². The summed E-state index contributed by atoms with van der Waals surface area (Å²) in [6.07, 6.45) is 1.42. The van der Waals surface area contributed by atoms with Crippen molar-refractivity contribution in [2.45, 2.75) is 74.1 Å². The fraction of sp³-hybridized carbons (Fsp3) is 0.533. The van der Waals surface area contributed by atoms with Gasteiger partial charge in [0.25, 0.3) is 10.0 Å². The number of ether oxygens (including phenoxy) is 3. The second kappa shape index (κ2) is 14.0. The van der Waals surface area contributed by atoms with E-state index in [1.807, 2.05) is 30.3 Å². The number of aromatic amines is 1. The topological polar surface area (TPSA) is 198 Å². The van der Waals surface area contributed by atoms with Crippen LogP contribution >= 0.6 is 0 Å². The lowest BCUT2D eigenvalue weighted by Gasteiger charge is -2.31. The monoisotopic (exact) mass is 693 g/mol. The maximum atomic E-state index is 14.1. The highest BCUT2D eigenvalue weighted by Gasteiger charge is 2.44. The van der Waals surface area contributed by atoms with Crippen molar-refractivity contribution in [2.24, 2.45) is 5.92 Å². The predicted molar refractivity (Wildman–Crippen MR) is 169 cm³/mol. The van der Waals surface area contributed by atoms with Crippen LogP contribution in [-0.4, -0.2) is 99.1 Å². The van der Waals surface area contributed by atoms with Crippen LogP contribution in [0.3, 0.4) is 0 Å². The van der Waals surface area contributed by atoms with Crippen LogP contribution in [0.5, 0.6) is 0 Å². The van der Waals surface area contributed by atoms with Crippen molar-refractivity contribution < 1.29 is 45.8 Å². The molecule has 1 saturated carbocycles. The molecule has 5 atom stereocenters. The van der Waals surface area contributed by atoms with Gasteiger partial charge >= 0.3 is 6.09 Å². The van der Waals surface area contributed by atoms with Crippen LogP contribution < -0.4 is 10.0 Å². The van der Waals surface area contributed by atoms with Gasteiger partial charge in [-0.25, -0.2) is 26.6 Å². The van der Waals surface area contributed by atoms with Crippen LogP contribution in [0.1, 0.15) is 37.7 Å². The molecule has 2 saturated heterocycles. The summed E-state index contributed by atoms with van der Waals surface area (Å²) >= 11 is 0. The van der Waals surface area contributed by atoms with Crippen molar-refractivity contribution in [1.29, 1.82) is 0 Å². The van der Waals surface area contributed by atoms with E-state index in [2.05, 4.69) is 20.0 Å². The molecule has 2 aromatic carbocycles. The number of imidazole rings is 1. The molecular weight excluding hydrogens is 654 g/mol. The minimum atomic E-state index is -4.37. The first-order valence-corrected chi connectivity index (χ1v) is 18.9. The summed E-state index contributed by atoms with van der Waals surface area (Å²) in [7, 11) is -8.00. The Hall–Kier alpha value is -3.32. The Balaban J connectivity index is 1.23. The lowest BCUT2D eigenvalue weighted by molar-refractivity contribution is -0.145. The highest BCUT2D eigenvalue weighted by molar-refractivity contribution is 7.92. The minimum Gasteiger partial charge on any atom is -0.443 e. The number of hydroxylamine groups is 1. The smallest absolute Gasteiger partial charge is 0.407 e. The number of anilines is 1. The minimum absolute atomic E-state index is 0.0617. The molecule has 3 aliphatic rings. The molecule has 3 heterocycles. The number of H-pyrrole nitrogens is 1. The average Bonchev–Trinajstić information content (AvgIpc) is 3.82. The molecule has 1 amide bonds. The van der Waals surface area contributed by atoms with E-state index in [9.17, 15) is 26.7 Å². The van der Waals surface area contributed by atoms with E-state index >= 15 is 0 Å². The van der Waals surface area contributed by atoms with Gasteiger partial charge in [-0.2, -0.15) is 0 Å². The number of nitrogens with zero attached hydrogens (tertiary/aromatic N) is 2. The van der Waals surface area contributed by atoms with Gasteiger partial charge in [0, 0.05) is 0 Å². The molecule has 15 nitrogen and oxygen atoms in total. The van der Waals surface area contributed by atoms with Gasteiger partial charge in [-0.05, 0) is 49.4 Å². The number of sulfonamides is 2. The standard InChI is InChI=1S/C30H39N5O10S2/c1-46(38,39)34-29-31-23-12-11-21(16-24(23)32-29)47(40,41)35(45-20-9-5-6-10-20)17-26(36)25(15-19-7-3-2-4-8-19)33-30(37)44-27-18-43-28-22(27)13-14-42-28/h2-4,7-8,11-12,16,20,22,25-28,36H,5-6,9-10,13-15,17-18H2,1H3,(H,33,37)(H2,31,32,34)/t22-,25+,26-,27-,28+/m1/s1. The van der Waals surface area contributed by atoms with Crippen molar-refractivity contribution in [3.8, 4) is 0 Å². The molecule has 0 spiro atoms. The van der Waals surface area contributed by atoms with Crippen LogP contribution in [0.4, 0.5) is 10.7 Å². The molecule has 0 radical (unpaired) electrons. The Morgan fingerprint density at radius 2 is 1.87 bits per heavy atom. The van der Waals surface area contributed by atoms with Gasteiger partial charge in [-0.1, -0.05) is 47.6 Å². The predicted octanol–water partition coefficient (Wildman–Crippen LogP) is 2.26.